The van der Waals surface area contributed by atoms with E-state index in [2.05, 4.69) is 18.3 Å². The maximum absolute atomic E-state index is 13.6. The highest BCUT2D eigenvalue weighted by Gasteiger charge is 2.67. The van der Waals surface area contributed by atoms with Gasteiger partial charge in [-0.2, -0.15) is 5.26 Å². The van der Waals surface area contributed by atoms with Gasteiger partial charge in [-0.05, 0) is 54.5 Å². The molecular weight excluding hydrogens is 480 g/mol. The van der Waals surface area contributed by atoms with Crippen LogP contribution < -0.4 is 14.8 Å². The van der Waals surface area contributed by atoms with Crippen molar-refractivity contribution in [3.8, 4) is 17.6 Å². The number of carbonyl (C=O) groups excluding carboxylic acids is 1. The first-order chi connectivity index (χ1) is 18.4. The number of benzene rings is 3. The first-order valence-electron chi connectivity index (χ1n) is 12.9. The summed E-state index contributed by atoms with van der Waals surface area (Å²) in [4.78, 5) is 24.5. The number of aryl methyl sites for hydroxylation is 1. The number of nitrogens with one attached hydrogen (secondary N) is 1. The quantitative estimate of drug-likeness (QED) is 0.395. The van der Waals surface area contributed by atoms with Gasteiger partial charge in [-0.3, -0.25) is 9.59 Å². The van der Waals surface area contributed by atoms with Gasteiger partial charge in [0.05, 0.1) is 24.2 Å². The summed E-state index contributed by atoms with van der Waals surface area (Å²) < 4.78 is 12.0. The Kier molecular flexibility index (Phi) is 7.06. The van der Waals surface area contributed by atoms with Crippen molar-refractivity contribution in [1.29, 1.82) is 5.26 Å². The lowest BCUT2D eigenvalue weighted by molar-refractivity contribution is -0.137. The van der Waals surface area contributed by atoms with Crippen LogP contribution in [0.25, 0.3) is 0 Å². The molecule has 0 saturated heterocycles. The highest BCUT2D eigenvalue weighted by atomic mass is 16.5. The molecule has 0 bridgehead atoms. The number of rotatable bonds is 9. The molecule has 0 radical (unpaired) electrons. The third-order valence-electron chi connectivity index (χ3n) is 7.85. The predicted octanol–water partition coefficient (Wildman–Crippen LogP) is 5.47. The molecule has 1 aliphatic heterocycles. The number of anilines is 1. The molecule has 3 aromatic rings. The van der Waals surface area contributed by atoms with Gasteiger partial charge in [-0.1, -0.05) is 49.4 Å². The first kappa shape index (κ1) is 25.3. The summed E-state index contributed by atoms with van der Waals surface area (Å²) in [6.07, 6.45) is 1.74. The number of ether oxygens (including phenoxy) is 2. The van der Waals surface area contributed by atoms with Gasteiger partial charge in [0.2, 0.25) is 5.91 Å². The Bertz CT molecular complexity index is 1400. The van der Waals surface area contributed by atoms with Crippen molar-refractivity contribution in [2.45, 2.75) is 44.6 Å². The van der Waals surface area contributed by atoms with E-state index in [-0.39, 0.29) is 29.6 Å². The molecule has 1 aliphatic carbocycles. The highest BCUT2D eigenvalue weighted by Crippen LogP contribution is 2.65. The number of carbonyl (C=O) groups is 2. The van der Waals surface area contributed by atoms with E-state index in [1.807, 2.05) is 48.5 Å². The summed E-state index contributed by atoms with van der Waals surface area (Å²) in [5.41, 5.74) is 3.64. The van der Waals surface area contributed by atoms with Crippen LogP contribution in [0.4, 0.5) is 5.69 Å². The molecule has 2 N–H and O–H groups in total. The van der Waals surface area contributed by atoms with Gasteiger partial charge in [-0.25, -0.2) is 0 Å². The molecular formula is C31H30N2O5. The largest absolute Gasteiger partial charge is 0.493 e. The van der Waals surface area contributed by atoms with Crippen LogP contribution in [0.5, 0.6) is 11.5 Å². The third kappa shape index (κ3) is 4.95. The number of fused-ring (bicyclic) bond motifs is 2. The standard InChI is InChI=1S/C31H30N2O5/c1-20-29(30(36)33-26-16-22(18-32)10-11-23(26)8-5-9-28(34)35)31(20)14-15-37-27-17-24(12-13-25(27)31)38-19-21-6-3-2-4-7-21/h2-4,6-7,10-13,16-17,20,29H,5,8-9,14-15,19H2,1H3,(H,33,36)(H,34,35)/t20-,29-,31-/m0/s1. The number of nitriles is 1. The number of carboxylic acids is 1. The van der Waals surface area contributed by atoms with Gasteiger partial charge in [-0.15, -0.1) is 0 Å². The van der Waals surface area contributed by atoms with Crippen LogP contribution in [0.1, 0.15) is 48.4 Å². The number of aliphatic carboxylic acids is 1. The maximum atomic E-state index is 13.6. The molecule has 3 atom stereocenters. The number of nitrogens with zero attached hydrogens (tertiary/aromatic N) is 1. The smallest absolute Gasteiger partial charge is 0.303 e. The third-order valence-corrected chi connectivity index (χ3v) is 7.85. The van der Waals surface area contributed by atoms with Gasteiger partial charge in [0.25, 0.3) is 0 Å². The molecule has 0 unspecified atom stereocenters. The molecule has 1 fully saturated rings. The van der Waals surface area contributed by atoms with E-state index in [0.29, 0.717) is 37.3 Å². The molecule has 2 aliphatic rings. The highest BCUT2D eigenvalue weighted by molar-refractivity contribution is 5.97. The summed E-state index contributed by atoms with van der Waals surface area (Å²) >= 11 is 0. The van der Waals surface area contributed by atoms with Crippen molar-refractivity contribution < 1.29 is 24.2 Å². The Labute approximate surface area is 222 Å². The fourth-order valence-electron chi connectivity index (χ4n) is 5.81. The zero-order valence-corrected chi connectivity index (χ0v) is 21.3. The van der Waals surface area contributed by atoms with Gasteiger partial charge >= 0.3 is 5.97 Å². The van der Waals surface area contributed by atoms with E-state index in [1.54, 1.807) is 18.2 Å². The Morgan fingerprint density at radius 2 is 1.97 bits per heavy atom. The molecule has 1 heterocycles. The molecule has 1 amide bonds. The molecule has 5 rings (SSSR count). The van der Waals surface area contributed by atoms with E-state index in [9.17, 15) is 14.9 Å². The van der Waals surface area contributed by atoms with Crippen molar-refractivity contribution >= 4 is 17.6 Å². The minimum atomic E-state index is -0.857. The van der Waals surface area contributed by atoms with Gasteiger partial charge < -0.3 is 19.9 Å². The molecule has 38 heavy (non-hydrogen) atoms. The summed E-state index contributed by atoms with van der Waals surface area (Å²) in [5.74, 6) is 0.409. The molecule has 7 nitrogen and oxygen atoms in total. The Hall–Kier alpha value is -4.31. The number of amides is 1. The average Bonchev–Trinajstić information content (AvgIpc) is 3.51. The van der Waals surface area contributed by atoms with Crippen molar-refractivity contribution in [3.05, 3.63) is 89.0 Å². The molecule has 1 spiro atoms. The van der Waals surface area contributed by atoms with Crippen molar-refractivity contribution in [1.82, 2.24) is 0 Å². The summed E-state index contributed by atoms with van der Waals surface area (Å²) in [6.45, 7) is 3.08. The Morgan fingerprint density at radius 3 is 2.74 bits per heavy atom. The van der Waals surface area contributed by atoms with Gasteiger partial charge in [0, 0.05) is 29.2 Å². The van der Waals surface area contributed by atoms with E-state index in [1.165, 1.54) is 0 Å². The van der Waals surface area contributed by atoms with E-state index >= 15 is 0 Å². The zero-order valence-electron chi connectivity index (χ0n) is 21.3. The molecule has 7 heteroatoms. The van der Waals surface area contributed by atoms with E-state index in [0.717, 1.165) is 34.6 Å². The fourth-order valence-corrected chi connectivity index (χ4v) is 5.81. The maximum Gasteiger partial charge on any atom is 0.303 e. The van der Waals surface area contributed by atoms with Crippen LogP contribution in [0, 0.1) is 23.2 Å². The van der Waals surface area contributed by atoms with Crippen LogP contribution >= 0.6 is 0 Å². The second kappa shape index (κ2) is 10.6. The Balaban J connectivity index is 1.33. The second-order valence-corrected chi connectivity index (χ2v) is 10.1. The molecule has 3 aromatic carbocycles. The lowest BCUT2D eigenvalue weighted by Crippen LogP contribution is -2.27. The molecule has 194 valence electrons. The SMILES string of the molecule is C[C@H]1[C@@H](C(=O)Nc2cc(C#N)ccc2CCCC(=O)O)[C@@]12CCOc1cc(OCc3ccccc3)ccc12. The normalized spacial score (nSPS) is 21.1. The summed E-state index contributed by atoms with van der Waals surface area (Å²) in [5, 5.41) is 21.4. The number of hydrogen-bond acceptors (Lipinski definition) is 5. The minimum Gasteiger partial charge on any atom is -0.493 e. The van der Waals surface area contributed by atoms with Crippen LogP contribution in [-0.4, -0.2) is 23.6 Å². The topological polar surface area (TPSA) is 109 Å². The van der Waals surface area contributed by atoms with Crippen molar-refractivity contribution in [2.75, 3.05) is 11.9 Å². The lowest BCUT2D eigenvalue weighted by atomic mass is 9.86. The van der Waals surface area contributed by atoms with Crippen molar-refractivity contribution in [3.63, 3.8) is 0 Å². The minimum absolute atomic E-state index is 0.0456. The van der Waals surface area contributed by atoms with Gasteiger partial charge in [0.15, 0.2) is 0 Å². The summed E-state index contributed by atoms with van der Waals surface area (Å²) in [6, 6.07) is 23.1. The lowest BCUT2D eigenvalue weighted by Gasteiger charge is -2.28. The average molecular weight is 511 g/mol. The number of carboxylic acid groups (broad SMARTS) is 1. The van der Waals surface area contributed by atoms with Crippen LogP contribution in [0.3, 0.4) is 0 Å². The number of hydrogen-bond donors (Lipinski definition) is 2. The Morgan fingerprint density at radius 1 is 1.16 bits per heavy atom. The summed E-state index contributed by atoms with van der Waals surface area (Å²) in [7, 11) is 0. The second-order valence-electron chi connectivity index (χ2n) is 10.1. The first-order valence-corrected chi connectivity index (χ1v) is 12.9. The van der Waals surface area contributed by atoms with E-state index in [4.69, 9.17) is 14.6 Å². The zero-order chi connectivity index (χ0) is 26.7. The molecule has 0 aromatic heterocycles. The molecule has 1 saturated carbocycles. The predicted molar refractivity (Wildman–Crippen MR) is 142 cm³/mol. The van der Waals surface area contributed by atoms with E-state index < -0.39 is 5.97 Å². The van der Waals surface area contributed by atoms with Crippen LogP contribution in [0.15, 0.2) is 66.7 Å². The van der Waals surface area contributed by atoms with Crippen LogP contribution in [0.2, 0.25) is 0 Å². The van der Waals surface area contributed by atoms with Gasteiger partial charge in [0.1, 0.15) is 18.1 Å². The van der Waals surface area contributed by atoms with Crippen LogP contribution in [-0.2, 0) is 28.0 Å². The van der Waals surface area contributed by atoms with Crippen molar-refractivity contribution in [2.24, 2.45) is 11.8 Å². The monoisotopic (exact) mass is 510 g/mol. The fraction of sp³-hybridized carbons (Fsp3) is 0.323.